The van der Waals surface area contributed by atoms with Gasteiger partial charge >= 0.3 is 5.97 Å². The van der Waals surface area contributed by atoms with Crippen LogP contribution in [0.2, 0.25) is 0 Å². The van der Waals surface area contributed by atoms with Crippen LogP contribution in [0, 0.1) is 0 Å². The molecule has 1 rings (SSSR count). The van der Waals surface area contributed by atoms with Gasteiger partial charge in [-0.05, 0) is 20.8 Å². The second-order valence-electron chi connectivity index (χ2n) is 3.49. The molecule has 3 heteroatoms. The molecule has 0 N–H and O–H groups in total. The summed E-state index contributed by atoms with van der Waals surface area (Å²) >= 11 is 0. The van der Waals surface area contributed by atoms with Crippen molar-refractivity contribution in [1.29, 1.82) is 0 Å². The molecule has 3 nitrogen and oxygen atoms in total. The molecule has 0 radical (unpaired) electrons. The van der Waals surface area contributed by atoms with Crippen molar-refractivity contribution < 1.29 is 14.3 Å². The minimum atomic E-state index is -0.278. The molecule has 0 saturated carbocycles. The van der Waals surface area contributed by atoms with E-state index in [2.05, 4.69) is 0 Å². The third-order valence-electron chi connectivity index (χ3n) is 2.39. The first-order valence-electron chi connectivity index (χ1n) is 4.56. The number of allylic oxidation sites excluding steroid dienone is 1. The summed E-state index contributed by atoms with van der Waals surface area (Å²) in [6.45, 7) is 6.27. The van der Waals surface area contributed by atoms with Gasteiger partial charge in [-0.15, -0.1) is 0 Å². The van der Waals surface area contributed by atoms with Gasteiger partial charge in [-0.2, -0.15) is 0 Å². The molecule has 0 bridgehead atoms. The quantitative estimate of drug-likeness (QED) is 0.379. The van der Waals surface area contributed by atoms with Crippen molar-refractivity contribution in [3.63, 3.8) is 0 Å². The monoisotopic (exact) mass is 184 g/mol. The molecular formula is C10H16O3. The zero-order chi connectivity index (χ0) is 9.90. The largest absolute Gasteiger partial charge is 0.462 e. The van der Waals surface area contributed by atoms with Gasteiger partial charge in [0.2, 0.25) is 0 Å². The molecule has 0 aromatic rings. The van der Waals surface area contributed by atoms with E-state index in [0.29, 0.717) is 12.7 Å². The van der Waals surface area contributed by atoms with E-state index < -0.39 is 0 Å². The minimum Gasteiger partial charge on any atom is -0.462 e. The standard InChI is InChI=1S/C10H16O3/c1-4-5-9(11)12-7-6-10(3)8(2)13-10/h4-5,8H,6-7H2,1-3H3. The Kier molecular flexibility index (Phi) is 3.09. The molecule has 1 aliphatic heterocycles. The fraction of sp³-hybridized carbons (Fsp3) is 0.700. The second kappa shape index (κ2) is 3.92. The molecule has 1 heterocycles. The highest BCUT2D eigenvalue weighted by atomic mass is 16.6. The Morgan fingerprint density at radius 1 is 1.69 bits per heavy atom. The number of carbonyl (C=O) groups excluding carboxylic acids is 1. The average molecular weight is 184 g/mol. The SMILES string of the molecule is CC=CC(=O)OCCC1(C)OC1C. The summed E-state index contributed by atoms with van der Waals surface area (Å²) in [4.78, 5) is 10.9. The fourth-order valence-corrected chi connectivity index (χ4v) is 1.17. The first-order chi connectivity index (χ1) is 6.08. The molecule has 2 atom stereocenters. The molecule has 0 aromatic heterocycles. The Morgan fingerprint density at radius 3 is 2.77 bits per heavy atom. The molecule has 74 valence electrons. The van der Waals surface area contributed by atoms with Gasteiger partial charge in [-0.3, -0.25) is 0 Å². The van der Waals surface area contributed by atoms with E-state index in [1.165, 1.54) is 6.08 Å². The van der Waals surface area contributed by atoms with Crippen molar-refractivity contribution in [2.45, 2.75) is 38.9 Å². The summed E-state index contributed by atoms with van der Waals surface area (Å²) in [6, 6.07) is 0. The Hall–Kier alpha value is -0.830. The lowest BCUT2D eigenvalue weighted by Gasteiger charge is -2.05. The lowest BCUT2D eigenvalue weighted by atomic mass is 10.1. The Balaban J connectivity index is 2.11. The van der Waals surface area contributed by atoms with Crippen LogP contribution in [0.3, 0.4) is 0 Å². The molecule has 1 fully saturated rings. The third-order valence-corrected chi connectivity index (χ3v) is 2.39. The van der Waals surface area contributed by atoms with Gasteiger partial charge in [0.25, 0.3) is 0 Å². The van der Waals surface area contributed by atoms with Gasteiger partial charge in [0.15, 0.2) is 0 Å². The van der Waals surface area contributed by atoms with Crippen molar-refractivity contribution in [2.24, 2.45) is 0 Å². The normalized spacial score (nSPS) is 32.1. The lowest BCUT2D eigenvalue weighted by Crippen LogP contribution is -2.13. The van der Waals surface area contributed by atoms with Crippen LogP contribution >= 0.6 is 0 Å². The number of esters is 1. The third kappa shape index (κ3) is 2.84. The van der Waals surface area contributed by atoms with E-state index in [1.807, 2.05) is 13.8 Å². The highest BCUT2D eigenvalue weighted by molar-refractivity contribution is 5.81. The van der Waals surface area contributed by atoms with Gasteiger partial charge < -0.3 is 9.47 Å². The maximum Gasteiger partial charge on any atom is 0.330 e. The predicted molar refractivity (Wildman–Crippen MR) is 49.3 cm³/mol. The summed E-state index contributed by atoms with van der Waals surface area (Å²) in [5.74, 6) is -0.278. The van der Waals surface area contributed by atoms with Crippen LogP contribution < -0.4 is 0 Å². The van der Waals surface area contributed by atoms with Gasteiger partial charge in [0.1, 0.15) is 0 Å². The minimum absolute atomic E-state index is 0.0593. The first kappa shape index (κ1) is 10.3. The van der Waals surface area contributed by atoms with Gasteiger partial charge in [0.05, 0.1) is 18.3 Å². The van der Waals surface area contributed by atoms with Gasteiger partial charge in [0, 0.05) is 12.5 Å². The van der Waals surface area contributed by atoms with Gasteiger partial charge in [-0.1, -0.05) is 6.08 Å². The molecular weight excluding hydrogens is 168 g/mol. The number of carbonyl (C=O) groups is 1. The molecule has 13 heavy (non-hydrogen) atoms. The molecule has 0 aromatic carbocycles. The van der Waals surface area contributed by atoms with E-state index in [-0.39, 0.29) is 11.6 Å². The molecule has 0 spiro atoms. The zero-order valence-corrected chi connectivity index (χ0v) is 8.37. The van der Waals surface area contributed by atoms with E-state index in [4.69, 9.17) is 9.47 Å². The molecule has 0 aliphatic carbocycles. The van der Waals surface area contributed by atoms with Crippen LogP contribution in [0.1, 0.15) is 27.2 Å². The Labute approximate surface area is 78.7 Å². The van der Waals surface area contributed by atoms with Crippen molar-refractivity contribution in [3.05, 3.63) is 12.2 Å². The molecule has 1 saturated heterocycles. The Morgan fingerprint density at radius 2 is 2.31 bits per heavy atom. The van der Waals surface area contributed by atoms with Crippen LogP contribution in [-0.2, 0) is 14.3 Å². The maximum absolute atomic E-state index is 10.9. The average Bonchev–Trinajstić information content (AvgIpc) is 2.60. The van der Waals surface area contributed by atoms with Crippen LogP contribution in [0.25, 0.3) is 0 Å². The van der Waals surface area contributed by atoms with E-state index in [0.717, 1.165) is 6.42 Å². The summed E-state index contributed by atoms with van der Waals surface area (Å²) in [5.41, 5.74) is -0.0593. The number of hydrogen-bond donors (Lipinski definition) is 0. The zero-order valence-electron chi connectivity index (χ0n) is 8.37. The van der Waals surface area contributed by atoms with Crippen LogP contribution in [0.5, 0.6) is 0 Å². The fourth-order valence-electron chi connectivity index (χ4n) is 1.17. The summed E-state index contributed by atoms with van der Waals surface area (Å²) < 4.78 is 10.3. The van der Waals surface area contributed by atoms with Crippen LogP contribution in [-0.4, -0.2) is 24.3 Å². The number of ether oxygens (including phenoxy) is 2. The maximum atomic E-state index is 10.9. The topological polar surface area (TPSA) is 38.8 Å². The van der Waals surface area contributed by atoms with Gasteiger partial charge in [-0.25, -0.2) is 4.79 Å². The first-order valence-corrected chi connectivity index (χ1v) is 4.56. The van der Waals surface area contributed by atoms with Crippen molar-refractivity contribution in [2.75, 3.05) is 6.61 Å². The lowest BCUT2D eigenvalue weighted by molar-refractivity contribution is -0.138. The molecule has 0 amide bonds. The molecule has 2 unspecified atom stereocenters. The van der Waals surface area contributed by atoms with Crippen LogP contribution in [0.15, 0.2) is 12.2 Å². The second-order valence-corrected chi connectivity index (χ2v) is 3.49. The van der Waals surface area contributed by atoms with E-state index in [1.54, 1.807) is 13.0 Å². The summed E-state index contributed by atoms with van der Waals surface area (Å²) in [5, 5.41) is 0. The molecule has 1 aliphatic rings. The van der Waals surface area contributed by atoms with E-state index in [9.17, 15) is 4.79 Å². The van der Waals surface area contributed by atoms with Crippen molar-refractivity contribution in [3.8, 4) is 0 Å². The van der Waals surface area contributed by atoms with Crippen molar-refractivity contribution >= 4 is 5.97 Å². The van der Waals surface area contributed by atoms with Crippen molar-refractivity contribution in [1.82, 2.24) is 0 Å². The number of rotatable bonds is 4. The number of hydrogen-bond acceptors (Lipinski definition) is 3. The highest BCUT2D eigenvalue weighted by Gasteiger charge is 2.48. The smallest absolute Gasteiger partial charge is 0.330 e. The summed E-state index contributed by atoms with van der Waals surface area (Å²) in [7, 11) is 0. The number of epoxide rings is 1. The Bertz CT molecular complexity index is 222. The van der Waals surface area contributed by atoms with E-state index >= 15 is 0 Å². The summed E-state index contributed by atoms with van der Waals surface area (Å²) in [6.07, 6.45) is 4.16. The highest BCUT2D eigenvalue weighted by Crippen LogP contribution is 2.38. The van der Waals surface area contributed by atoms with Crippen LogP contribution in [0.4, 0.5) is 0 Å². The predicted octanol–water partition coefficient (Wildman–Crippen LogP) is 1.67.